The fourth-order valence-electron chi connectivity index (χ4n) is 1.29. The van der Waals surface area contributed by atoms with E-state index in [0.29, 0.717) is 11.3 Å². The zero-order valence-electron chi connectivity index (χ0n) is 9.27. The molecule has 0 radical (unpaired) electrons. The summed E-state index contributed by atoms with van der Waals surface area (Å²) >= 11 is 1.75. The molecule has 0 fully saturated rings. The van der Waals surface area contributed by atoms with Crippen LogP contribution in [-0.2, 0) is 5.75 Å². The van der Waals surface area contributed by atoms with Crippen LogP contribution in [0.1, 0.15) is 17.5 Å². The molecule has 0 atom stereocenters. The number of benzene rings is 1. The van der Waals surface area contributed by atoms with Gasteiger partial charge in [0.1, 0.15) is 11.8 Å². The molecule has 0 amide bonds. The average molecular weight is 237 g/mol. The molecule has 1 rings (SSSR count). The van der Waals surface area contributed by atoms with Gasteiger partial charge in [0.05, 0.1) is 12.7 Å². The molecule has 0 unspecified atom stereocenters. The molecule has 3 nitrogen and oxygen atoms in total. The Morgan fingerprint density at radius 3 is 2.94 bits per heavy atom. The summed E-state index contributed by atoms with van der Waals surface area (Å²) in [5.74, 6) is 2.41. The Morgan fingerprint density at radius 1 is 1.50 bits per heavy atom. The molecule has 1 aromatic carbocycles. The van der Waals surface area contributed by atoms with Crippen LogP contribution in [0.15, 0.2) is 18.2 Å². The third kappa shape index (κ3) is 3.76. The number of aliphatic hydroxyl groups is 1. The van der Waals surface area contributed by atoms with Gasteiger partial charge in [-0.05, 0) is 29.9 Å². The Hall–Kier alpha value is -1.18. The first-order valence-corrected chi connectivity index (χ1v) is 6.23. The van der Waals surface area contributed by atoms with E-state index in [9.17, 15) is 0 Å². The molecule has 4 heteroatoms. The van der Waals surface area contributed by atoms with Gasteiger partial charge in [-0.15, -0.1) is 0 Å². The molecule has 16 heavy (non-hydrogen) atoms. The van der Waals surface area contributed by atoms with Crippen molar-refractivity contribution in [3.63, 3.8) is 0 Å². The van der Waals surface area contributed by atoms with E-state index in [1.165, 1.54) is 0 Å². The first-order chi connectivity index (χ1) is 7.81. The summed E-state index contributed by atoms with van der Waals surface area (Å²) in [6.45, 7) is 0.235. The van der Waals surface area contributed by atoms with Crippen LogP contribution in [0.2, 0.25) is 0 Å². The van der Waals surface area contributed by atoms with Crippen molar-refractivity contribution in [2.45, 2.75) is 12.2 Å². The number of hydrogen-bond acceptors (Lipinski definition) is 4. The van der Waals surface area contributed by atoms with E-state index in [4.69, 9.17) is 15.1 Å². The molecule has 0 aliphatic rings. The smallest absolute Gasteiger partial charge is 0.136 e. The predicted molar refractivity (Wildman–Crippen MR) is 65.6 cm³/mol. The van der Waals surface area contributed by atoms with Crippen LogP contribution in [-0.4, -0.2) is 24.6 Å². The maximum Gasteiger partial charge on any atom is 0.136 e. The first-order valence-electron chi connectivity index (χ1n) is 5.07. The third-order valence-corrected chi connectivity index (χ3v) is 3.21. The van der Waals surface area contributed by atoms with Crippen molar-refractivity contribution in [2.75, 3.05) is 19.5 Å². The quantitative estimate of drug-likeness (QED) is 0.770. The second-order valence-electron chi connectivity index (χ2n) is 3.28. The Labute approximate surface area is 100 Å². The molecule has 0 aliphatic carbocycles. The minimum Gasteiger partial charge on any atom is -0.495 e. The highest BCUT2D eigenvalue weighted by Gasteiger charge is 2.03. The van der Waals surface area contributed by atoms with Gasteiger partial charge in [-0.25, -0.2) is 0 Å². The largest absolute Gasteiger partial charge is 0.495 e. The van der Waals surface area contributed by atoms with Crippen molar-refractivity contribution in [2.24, 2.45) is 0 Å². The van der Waals surface area contributed by atoms with E-state index in [1.807, 2.05) is 18.2 Å². The Balaban J connectivity index is 2.58. The predicted octanol–water partition coefficient (Wildman–Crippen LogP) is 2.18. The lowest BCUT2D eigenvalue weighted by atomic mass is 10.1. The SMILES string of the molecule is COc1ccc(CSCCCO)cc1C#N. The van der Waals surface area contributed by atoms with Crippen LogP contribution in [0, 0.1) is 11.3 Å². The van der Waals surface area contributed by atoms with Crippen LogP contribution in [0.5, 0.6) is 5.75 Å². The van der Waals surface area contributed by atoms with Gasteiger partial charge in [-0.2, -0.15) is 17.0 Å². The van der Waals surface area contributed by atoms with Crippen molar-refractivity contribution >= 4 is 11.8 Å². The van der Waals surface area contributed by atoms with Gasteiger partial charge in [0.15, 0.2) is 0 Å². The summed E-state index contributed by atoms with van der Waals surface area (Å²) in [6.07, 6.45) is 0.811. The summed E-state index contributed by atoms with van der Waals surface area (Å²) in [5.41, 5.74) is 1.68. The van der Waals surface area contributed by atoms with E-state index in [0.717, 1.165) is 23.5 Å². The molecule has 0 aromatic heterocycles. The maximum atomic E-state index is 8.91. The number of hydrogen-bond donors (Lipinski definition) is 1. The third-order valence-electron chi connectivity index (χ3n) is 2.10. The summed E-state index contributed by atoms with van der Waals surface area (Å²) in [5, 5.41) is 17.6. The molecule has 1 N–H and O–H groups in total. The molecular formula is C12H15NO2S. The van der Waals surface area contributed by atoms with Gasteiger partial charge < -0.3 is 9.84 Å². The van der Waals surface area contributed by atoms with Crippen LogP contribution in [0.4, 0.5) is 0 Å². The lowest BCUT2D eigenvalue weighted by molar-refractivity contribution is 0.296. The zero-order valence-corrected chi connectivity index (χ0v) is 10.1. The number of aliphatic hydroxyl groups excluding tert-OH is 1. The van der Waals surface area contributed by atoms with Crippen LogP contribution >= 0.6 is 11.8 Å². The normalized spacial score (nSPS) is 9.81. The summed E-state index contributed by atoms with van der Waals surface area (Å²) in [7, 11) is 1.56. The van der Waals surface area contributed by atoms with Crippen molar-refractivity contribution < 1.29 is 9.84 Å². The number of nitrogens with zero attached hydrogens (tertiary/aromatic N) is 1. The summed E-state index contributed by atoms with van der Waals surface area (Å²) < 4.78 is 5.07. The molecule has 0 bridgehead atoms. The highest BCUT2D eigenvalue weighted by Crippen LogP contribution is 2.21. The standard InChI is InChI=1S/C12H15NO2S/c1-15-12-4-3-10(7-11(12)8-13)9-16-6-2-5-14/h3-4,7,14H,2,5-6,9H2,1H3. The second-order valence-corrected chi connectivity index (χ2v) is 4.38. The highest BCUT2D eigenvalue weighted by molar-refractivity contribution is 7.98. The number of rotatable bonds is 6. The number of nitriles is 1. The maximum absolute atomic E-state index is 8.91. The molecule has 0 aliphatic heterocycles. The highest BCUT2D eigenvalue weighted by atomic mass is 32.2. The van der Waals surface area contributed by atoms with E-state index < -0.39 is 0 Å². The Morgan fingerprint density at radius 2 is 2.31 bits per heavy atom. The summed E-state index contributed by atoms with van der Waals surface area (Å²) in [4.78, 5) is 0. The van der Waals surface area contributed by atoms with E-state index >= 15 is 0 Å². The van der Waals surface area contributed by atoms with Crippen LogP contribution in [0.3, 0.4) is 0 Å². The van der Waals surface area contributed by atoms with E-state index in [1.54, 1.807) is 18.9 Å². The van der Waals surface area contributed by atoms with Gasteiger partial charge in [0.2, 0.25) is 0 Å². The first kappa shape index (κ1) is 12.9. The minimum atomic E-state index is 0.235. The van der Waals surface area contributed by atoms with Gasteiger partial charge in [0, 0.05) is 12.4 Å². The summed E-state index contributed by atoms with van der Waals surface area (Å²) in [6, 6.07) is 7.75. The number of thioether (sulfide) groups is 1. The van der Waals surface area contributed by atoms with Crippen molar-refractivity contribution in [3.8, 4) is 11.8 Å². The van der Waals surface area contributed by atoms with Gasteiger partial charge >= 0.3 is 0 Å². The molecular weight excluding hydrogens is 222 g/mol. The van der Waals surface area contributed by atoms with Crippen molar-refractivity contribution in [1.29, 1.82) is 5.26 Å². The van der Waals surface area contributed by atoms with E-state index in [-0.39, 0.29) is 6.61 Å². The molecule has 86 valence electrons. The molecule has 0 spiro atoms. The Kier molecular flexibility index (Phi) is 5.76. The number of ether oxygens (including phenoxy) is 1. The van der Waals surface area contributed by atoms with Crippen molar-refractivity contribution in [3.05, 3.63) is 29.3 Å². The molecule has 0 heterocycles. The van der Waals surface area contributed by atoms with E-state index in [2.05, 4.69) is 6.07 Å². The fourth-order valence-corrected chi connectivity index (χ4v) is 2.18. The van der Waals surface area contributed by atoms with Crippen LogP contribution < -0.4 is 4.74 Å². The van der Waals surface area contributed by atoms with Crippen LogP contribution in [0.25, 0.3) is 0 Å². The Bertz CT molecular complexity index is 374. The number of methoxy groups -OCH3 is 1. The minimum absolute atomic E-state index is 0.235. The second kappa shape index (κ2) is 7.15. The topological polar surface area (TPSA) is 53.2 Å². The lowest BCUT2D eigenvalue weighted by Gasteiger charge is -2.05. The average Bonchev–Trinajstić information content (AvgIpc) is 2.34. The monoisotopic (exact) mass is 237 g/mol. The molecule has 0 saturated carbocycles. The lowest BCUT2D eigenvalue weighted by Crippen LogP contribution is -1.91. The molecule has 1 aromatic rings. The zero-order chi connectivity index (χ0) is 11.8. The van der Waals surface area contributed by atoms with Gasteiger partial charge in [-0.1, -0.05) is 6.07 Å². The molecule has 0 saturated heterocycles. The van der Waals surface area contributed by atoms with Gasteiger partial charge in [-0.3, -0.25) is 0 Å². The van der Waals surface area contributed by atoms with Gasteiger partial charge in [0.25, 0.3) is 0 Å². The van der Waals surface area contributed by atoms with Crippen molar-refractivity contribution in [1.82, 2.24) is 0 Å². The fraction of sp³-hybridized carbons (Fsp3) is 0.417.